The first-order chi connectivity index (χ1) is 13.0. The molecule has 0 aliphatic carbocycles. The van der Waals surface area contributed by atoms with Gasteiger partial charge in [-0.25, -0.2) is 14.8 Å². The van der Waals surface area contributed by atoms with Gasteiger partial charge in [-0.1, -0.05) is 11.6 Å². The Kier molecular flexibility index (Phi) is 6.13. The molecule has 0 spiro atoms. The van der Waals surface area contributed by atoms with Gasteiger partial charge in [0.15, 0.2) is 0 Å². The molecule has 1 aliphatic rings. The number of aryl methyl sites for hydroxylation is 1. The zero-order valence-corrected chi connectivity index (χ0v) is 16.6. The van der Waals surface area contributed by atoms with Crippen molar-refractivity contribution < 1.29 is 9.53 Å². The first-order valence-corrected chi connectivity index (χ1v) is 9.36. The summed E-state index contributed by atoms with van der Waals surface area (Å²) >= 11 is 6.50. The maximum Gasteiger partial charge on any atom is 0.341 e. The van der Waals surface area contributed by atoms with E-state index < -0.39 is 5.97 Å². The van der Waals surface area contributed by atoms with Crippen molar-refractivity contribution in [2.24, 2.45) is 0 Å². The molecule has 27 heavy (non-hydrogen) atoms. The third kappa shape index (κ3) is 4.67. The minimum atomic E-state index is -0.416. The molecule has 0 amide bonds. The molecule has 7 nitrogen and oxygen atoms in total. The van der Waals surface area contributed by atoms with E-state index in [1.165, 1.54) is 6.20 Å². The van der Waals surface area contributed by atoms with Crippen LogP contribution in [-0.2, 0) is 4.74 Å². The predicted molar refractivity (Wildman–Crippen MR) is 107 cm³/mol. The van der Waals surface area contributed by atoms with E-state index in [2.05, 4.69) is 32.1 Å². The highest BCUT2D eigenvalue weighted by molar-refractivity contribution is 6.33. The Labute approximate surface area is 164 Å². The van der Waals surface area contributed by atoms with Crippen molar-refractivity contribution in [1.29, 1.82) is 0 Å². The number of aromatic nitrogens is 2. The number of carbonyl (C=O) groups excluding carboxylic acids is 1. The van der Waals surface area contributed by atoms with Crippen molar-refractivity contribution in [1.82, 2.24) is 14.9 Å². The first kappa shape index (κ1) is 19.4. The molecule has 144 valence electrons. The molecular formula is C19H24ClN5O2. The van der Waals surface area contributed by atoms with Crippen molar-refractivity contribution in [3.8, 4) is 0 Å². The number of likely N-dealkylation sites (N-methyl/N-ethyl adjacent to an activating group) is 1. The van der Waals surface area contributed by atoms with E-state index in [0.717, 1.165) is 37.6 Å². The van der Waals surface area contributed by atoms with Crippen LogP contribution >= 0.6 is 11.6 Å². The van der Waals surface area contributed by atoms with Crippen LogP contribution in [0.4, 0.5) is 17.3 Å². The second kappa shape index (κ2) is 8.54. The fraction of sp³-hybridized carbons (Fsp3) is 0.421. The highest BCUT2D eigenvalue weighted by Crippen LogP contribution is 2.30. The lowest BCUT2D eigenvalue weighted by Crippen LogP contribution is -2.44. The van der Waals surface area contributed by atoms with E-state index in [9.17, 15) is 4.79 Å². The number of anilines is 3. The molecule has 0 atom stereocenters. The van der Waals surface area contributed by atoms with Crippen LogP contribution < -0.4 is 10.2 Å². The summed E-state index contributed by atoms with van der Waals surface area (Å²) in [5.74, 6) is -0.00918. The molecule has 2 heterocycles. The number of piperazine rings is 1. The Morgan fingerprint density at radius 2 is 2.04 bits per heavy atom. The number of hydrogen-bond donors (Lipinski definition) is 1. The molecule has 8 heteroatoms. The number of nitrogens with one attached hydrogen (secondary N) is 1. The number of hydrogen-bond acceptors (Lipinski definition) is 7. The molecule has 2 aromatic rings. The second-order valence-corrected chi connectivity index (χ2v) is 6.90. The van der Waals surface area contributed by atoms with Gasteiger partial charge in [0.25, 0.3) is 0 Å². The molecule has 0 saturated carbocycles. The summed E-state index contributed by atoms with van der Waals surface area (Å²) in [6, 6.07) is 5.83. The lowest BCUT2D eigenvalue weighted by atomic mass is 10.2. The van der Waals surface area contributed by atoms with Gasteiger partial charge in [0, 0.05) is 38.1 Å². The average Bonchev–Trinajstić information content (AvgIpc) is 2.63. The molecule has 1 aromatic carbocycles. The highest BCUT2D eigenvalue weighted by atomic mass is 35.5. The zero-order chi connectivity index (χ0) is 19.4. The number of carbonyl (C=O) groups is 1. The van der Waals surface area contributed by atoms with Crippen molar-refractivity contribution in [2.75, 3.05) is 50.1 Å². The van der Waals surface area contributed by atoms with E-state index in [0.29, 0.717) is 28.8 Å². The second-order valence-electron chi connectivity index (χ2n) is 6.49. The largest absolute Gasteiger partial charge is 0.462 e. The summed E-state index contributed by atoms with van der Waals surface area (Å²) < 4.78 is 5.00. The van der Waals surface area contributed by atoms with Crippen LogP contribution in [0.5, 0.6) is 0 Å². The minimum Gasteiger partial charge on any atom is -0.462 e. The quantitative estimate of drug-likeness (QED) is 0.788. The van der Waals surface area contributed by atoms with Crippen LogP contribution in [0.1, 0.15) is 23.0 Å². The number of halogens is 1. The van der Waals surface area contributed by atoms with Crippen LogP contribution in [0.2, 0.25) is 5.02 Å². The standard InChI is InChI=1S/C19H24ClN5O2/c1-4-27-18(26)15-12-21-19(22-13(15)2)23-14-5-6-17(16(20)11-14)25-9-7-24(3)8-10-25/h5-6,11-12H,4,7-10H2,1-3H3,(H,21,22,23). The van der Waals surface area contributed by atoms with Crippen molar-refractivity contribution in [3.63, 3.8) is 0 Å². The topological polar surface area (TPSA) is 70.6 Å². The molecule has 1 saturated heterocycles. The third-order valence-corrected chi connectivity index (χ3v) is 4.83. The van der Waals surface area contributed by atoms with E-state index >= 15 is 0 Å². The monoisotopic (exact) mass is 389 g/mol. The molecule has 0 unspecified atom stereocenters. The van der Waals surface area contributed by atoms with Gasteiger partial charge in [-0.3, -0.25) is 0 Å². The van der Waals surface area contributed by atoms with E-state index in [4.69, 9.17) is 16.3 Å². The number of esters is 1. The average molecular weight is 390 g/mol. The van der Waals surface area contributed by atoms with E-state index in [1.807, 2.05) is 18.2 Å². The normalized spacial score (nSPS) is 14.9. The van der Waals surface area contributed by atoms with Gasteiger partial charge in [0.05, 0.1) is 28.6 Å². The predicted octanol–water partition coefficient (Wildman–Crippen LogP) is 3.11. The molecule has 1 aromatic heterocycles. The fourth-order valence-corrected chi connectivity index (χ4v) is 3.25. The SMILES string of the molecule is CCOC(=O)c1cnc(Nc2ccc(N3CCN(C)CC3)c(Cl)c2)nc1C. The van der Waals surface area contributed by atoms with Crippen molar-refractivity contribution >= 4 is 34.9 Å². The Morgan fingerprint density at radius 1 is 1.30 bits per heavy atom. The Bertz CT molecular complexity index is 822. The molecule has 1 fully saturated rings. The number of nitrogens with zero attached hydrogens (tertiary/aromatic N) is 4. The number of benzene rings is 1. The molecule has 1 N–H and O–H groups in total. The van der Waals surface area contributed by atoms with Crippen LogP contribution in [0.15, 0.2) is 24.4 Å². The molecule has 0 radical (unpaired) electrons. The zero-order valence-electron chi connectivity index (χ0n) is 15.8. The lowest BCUT2D eigenvalue weighted by molar-refractivity contribution is 0.0524. The maximum atomic E-state index is 11.8. The summed E-state index contributed by atoms with van der Waals surface area (Å²) in [7, 11) is 2.13. The maximum absolute atomic E-state index is 11.8. The van der Waals surface area contributed by atoms with Crippen LogP contribution in [0, 0.1) is 6.92 Å². The van der Waals surface area contributed by atoms with Gasteiger partial charge < -0.3 is 19.9 Å². The number of ether oxygens (including phenoxy) is 1. The van der Waals surface area contributed by atoms with Gasteiger partial charge >= 0.3 is 5.97 Å². The van der Waals surface area contributed by atoms with Gasteiger partial charge in [0.2, 0.25) is 5.95 Å². The summed E-state index contributed by atoms with van der Waals surface area (Å²) in [5.41, 5.74) is 2.75. The third-order valence-electron chi connectivity index (χ3n) is 4.52. The summed E-state index contributed by atoms with van der Waals surface area (Å²) in [5, 5.41) is 3.82. The fourth-order valence-electron chi connectivity index (χ4n) is 2.95. The van der Waals surface area contributed by atoms with E-state index in [-0.39, 0.29) is 0 Å². The summed E-state index contributed by atoms with van der Waals surface area (Å²) in [4.78, 5) is 25.0. The van der Waals surface area contributed by atoms with Crippen LogP contribution in [-0.4, -0.2) is 60.7 Å². The molecule has 3 rings (SSSR count). The van der Waals surface area contributed by atoms with Crippen LogP contribution in [0.3, 0.4) is 0 Å². The van der Waals surface area contributed by atoms with Gasteiger partial charge in [-0.05, 0) is 39.1 Å². The van der Waals surface area contributed by atoms with Crippen molar-refractivity contribution in [3.05, 3.63) is 40.7 Å². The highest BCUT2D eigenvalue weighted by Gasteiger charge is 2.17. The molecular weight excluding hydrogens is 366 g/mol. The Morgan fingerprint density at radius 3 is 2.67 bits per heavy atom. The first-order valence-electron chi connectivity index (χ1n) is 8.98. The van der Waals surface area contributed by atoms with Gasteiger partial charge in [-0.2, -0.15) is 0 Å². The van der Waals surface area contributed by atoms with Crippen LogP contribution in [0.25, 0.3) is 0 Å². The number of rotatable bonds is 5. The van der Waals surface area contributed by atoms with Crippen molar-refractivity contribution in [2.45, 2.75) is 13.8 Å². The molecule has 0 bridgehead atoms. The minimum absolute atomic E-state index is 0.316. The summed E-state index contributed by atoms with van der Waals surface area (Å²) in [6.45, 7) is 7.80. The van der Waals surface area contributed by atoms with Gasteiger partial charge in [0.1, 0.15) is 0 Å². The lowest BCUT2D eigenvalue weighted by Gasteiger charge is -2.34. The Balaban J connectivity index is 1.72. The Hall–Kier alpha value is -2.38. The smallest absolute Gasteiger partial charge is 0.341 e. The summed E-state index contributed by atoms with van der Waals surface area (Å²) in [6.07, 6.45) is 1.48. The van der Waals surface area contributed by atoms with E-state index in [1.54, 1.807) is 13.8 Å². The van der Waals surface area contributed by atoms with Gasteiger partial charge in [-0.15, -0.1) is 0 Å². The molecule has 1 aliphatic heterocycles.